The first-order chi connectivity index (χ1) is 9.15. The van der Waals surface area contributed by atoms with Crippen molar-refractivity contribution < 1.29 is 14.6 Å². The molecule has 0 saturated carbocycles. The van der Waals surface area contributed by atoms with E-state index < -0.39 is 0 Å². The van der Waals surface area contributed by atoms with Crippen molar-refractivity contribution in [3.63, 3.8) is 0 Å². The van der Waals surface area contributed by atoms with E-state index in [4.69, 9.17) is 44.3 Å². The number of hydrogen-bond donors (Lipinski definition) is 1. The van der Waals surface area contributed by atoms with Crippen LogP contribution in [0.15, 0.2) is 23.7 Å². The highest BCUT2D eigenvalue weighted by Crippen LogP contribution is 2.36. The quantitative estimate of drug-likeness (QED) is 0.708. The van der Waals surface area contributed by atoms with Crippen molar-refractivity contribution in [2.45, 2.75) is 12.8 Å². The molecule has 0 amide bonds. The smallest absolute Gasteiger partial charge is 0.156 e. The largest absolute Gasteiger partial charge is 0.508 e. The number of hydrogen-bond acceptors (Lipinski definition) is 3. The molecule has 1 aromatic carbocycles. The van der Waals surface area contributed by atoms with Crippen molar-refractivity contribution in [1.82, 2.24) is 0 Å². The summed E-state index contributed by atoms with van der Waals surface area (Å²) in [5, 5.41) is 9.87. The molecule has 3 nitrogen and oxygen atoms in total. The third-order valence-electron chi connectivity index (χ3n) is 2.22. The molecule has 1 aromatic rings. The van der Waals surface area contributed by atoms with Gasteiger partial charge in [0.05, 0.1) is 23.3 Å². The van der Waals surface area contributed by atoms with Gasteiger partial charge in [0.25, 0.3) is 0 Å². The molecular formula is C13H15Cl3O3. The number of rotatable bonds is 8. The van der Waals surface area contributed by atoms with Gasteiger partial charge in [-0.3, -0.25) is 0 Å². The summed E-state index contributed by atoms with van der Waals surface area (Å²) < 4.78 is 10.8. The van der Waals surface area contributed by atoms with E-state index in [-0.39, 0.29) is 5.75 Å². The molecule has 0 heterocycles. The molecule has 0 fully saturated rings. The molecule has 6 heteroatoms. The third kappa shape index (κ3) is 6.39. The highest BCUT2D eigenvalue weighted by atomic mass is 35.5. The van der Waals surface area contributed by atoms with Gasteiger partial charge in [0, 0.05) is 24.3 Å². The Kier molecular flexibility index (Phi) is 8.07. The maximum atomic E-state index is 9.27. The highest BCUT2D eigenvalue weighted by molar-refractivity contribution is 6.37. The molecule has 0 spiro atoms. The summed E-state index contributed by atoms with van der Waals surface area (Å²) in [7, 11) is 0. The zero-order valence-electron chi connectivity index (χ0n) is 10.2. The Morgan fingerprint density at radius 1 is 1.11 bits per heavy atom. The van der Waals surface area contributed by atoms with Crippen LogP contribution in [0.4, 0.5) is 0 Å². The highest BCUT2D eigenvalue weighted by Gasteiger charge is 2.09. The monoisotopic (exact) mass is 324 g/mol. The zero-order chi connectivity index (χ0) is 14.1. The summed E-state index contributed by atoms with van der Waals surface area (Å²) in [5.74, 6) is 0.412. The van der Waals surface area contributed by atoms with Crippen molar-refractivity contribution in [3.05, 3.63) is 33.8 Å². The van der Waals surface area contributed by atoms with Gasteiger partial charge in [0.1, 0.15) is 5.75 Å². The second-order valence-corrected chi connectivity index (χ2v) is 4.80. The van der Waals surface area contributed by atoms with Gasteiger partial charge in [0.2, 0.25) is 0 Å². The molecule has 0 aliphatic rings. The SMILES string of the molecule is Oc1cc(Cl)c(OCCCCOCC=CCl)c(Cl)c1. The molecule has 0 unspecified atom stereocenters. The number of ether oxygens (including phenoxy) is 2. The van der Waals surface area contributed by atoms with Crippen LogP contribution in [0.25, 0.3) is 0 Å². The van der Waals surface area contributed by atoms with E-state index in [2.05, 4.69) is 0 Å². The number of unbranched alkanes of at least 4 members (excludes halogenated alkanes) is 1. The van der Waals surface area contributed by atoms with E-state index in [1.54, 1.807) is 6.08 Å². The van der Waals surface area contributed by atoms with Gasteiger partial charge < -0.3 is 14.6 Å². The Balaban J connectivity index is 2.23. The predicted molar refractivity (Wildman–Crippen MR) is 78.7 cm³/mol. The summed E-state index contributed by atoms with van der Waals surface area (Å²) in [5.41, 5.74) is 1.43. The maximum Gasteiger partial charge on any atom is 0.156 e. The van der Waals surface area contributed by atoms with Gasteiger partial charge in [-0.2, -0.15) is 0 Å². The van der Waals surface area contributed by atoms with Gasteiger partial charge in [-0.15, -0.1) is 0 Å². The molecule has 0 atom stereocenters. The Morgan fingerprint density at radius 2 is 1.74 bits per heavy atom. The molecule has 1 N–H and O–H groups in total. The lowest BCUT2D eigenvalue weighted by Crippen LogP contribution is -2.01. The van der Waals surface area contributed by atoms with Gasteiger partial charge in [0.15, 0.2) is 5.75 Å². The van der Waals surface area contributed by atoms with Crippen molar-refractivity contribution in [2.24, 2.45) is 0 Å². The third-order valence-corrected chi connectivity index (χ3v) is 2.96. The van der Waals surface area contributed by atoms with E-state index in [1.165, 1.54) is 17.7 Å². The summed E-state index contributed by atoms with van der Waals surface area (Å²) in [6, 6.07) is 2.79. The summed E-state index contributed by atoms with van der Waals surface area (Å²) in [6.45, 7) is 1.64. The topological polar surface area (TPSA) is 38.7 Å². The first kappa shape index (κ1) is 16.4. The lowest BCUT2D eigenvalue weighted by atomic mass is 10.3. The molecule has 19 heavy (non-hydrogen) atoms. The Hall–Kier alpha value is -0.610. The van der Waals surface area contributed by atoms with Gasteiger partial charge in [-0.25, -0.2) is 0 Å². The fourth-order valence-corrected chi connectivity index (χ4v) is 2.01. The zero-order valence-corrected chi connectivity index (χ0v) is 12.5. The van der Waals surface area contributed by atoms with Crippen LogP contribution in [-0.4, -0.2) is 24.9 Å². The average Bonchev–Trinajstić information content (AvgIpc) is 2.35. The van der Waals surface area contributed by atoms with E-state index in [0.29, 0.717) is 35.6 Å². The normalized spacial score (nSPS) is 11.1. The summed E-state index contributed by atoms with van der Waals surface area (Å²) >= 11 is 17.2. The van der Waals surface area contributed by atoms with E-state index in [9.17, 15) is 5.11 Å². The fraction of sp³-hybridized carbons (Fsp3) is 0.385. The van der Waals surface area contributed by atoms with Crippen LogP contribution in [0.3, 0.4) is 0 Å². The van der Waals surface area contributed by atoms with Crippen LogP contribution < -0.4 is 4.74 Å². The molecule has 0 aliphatic heterocycles. The van der Waals surface area contributed by atoms with Crippen LogP contribution in [-0.2, 0) is 4.74 Å². The summed E-state index contributed by atoms with van der Waals surface area (Å²) in [4.78, 5) is 0. The first-order valence-electron chi connectivity index (χ1n) is 5.79. The Morgan fingerprint density at radius 3 is 2.37 bits per heavy atom. The molecule has 0 bridgehead atoms. The van der Waals surface area contributed by atoms with E-state index >= 15 is 0 Å². The molecular weight excluding hydrogens is 310 g/mol. The molecule has 0 aliphatic carbocycles. The maximum absolute atomic E-state index is 9.27. The second kappa shape index (κ2) is 9.32. The first-order valence-corrected chi connectivity index (χ1v) is 6.98. The van der Waals surface area contributed by atoms with Crippen LogP contribution in [0, 0.1) is 0 Å². The Bertz CT molecular complexity index is 399. The Labute approximate surface area is 127 Å². The summed E-state index contributed by atoms with van der Waals surface area (Å²) in [6.07, 6.45) is 3.41. The molecule has 0 saturated heterocycles. The molecule has 0 aromatic heterocycles. The van der Waals surface area contributed by atoms with Crippen LogP contribution in [0.2, 0.25) is 10.0 Å². The van der Waals surface area contributed by atoms with E-state index in [1.807, 2.05) is 0 Å². The minimum absolute atomic E-state index is 0.0168. The molecule has 0 radical (unpaired) electrons. The average molecular weight is 326 g/mol. The number of halogens is 3. The van der Waals surface area contributed by atoms with Crippen molar-refractivity contribution in [3.8, 4) is 11.5 Å². The predicted octanol–water partition coefficient (Wildman–Crippen LogP) is 4.63. The van der Waals surface area contributed by atoms with Crippen molar-refractivity contribution in [1.29, 1.82) is 0 Å². The van der Waals surface area contributed by atoms with Crippen molar-refractivity contribution >= 4 is 34.8 Å². The lowest BCUT2D eigenvalue weighted by Gasteiger charge is -2.10. The number of phenols is 1. The van der Waals surface area contributed by atoms with Crippen LogP contribution in [0.5, 0.6) is 11.5 Å². The molecule has 1 rings (SSSR count). The van der Waals surface area contributed by atoms with Crippen LogP contribution >= 0.6 is 34.8 Å². The lowest BCUT2D eigenvalue weighted by molar-refractivity contribution is 0.152. The van der Waals surface area contributed by atoms with E-state index in [0.717, 1.165) is 12.8 Å². The number of aromatic hydroxyl groups is 1. The minimum atomic E-state index is 0.0168. The standard InChI is InChI=1S/C13H15Cl3O3/c14-4-3-6-18-5-1-2-7-19-13-11(15)8-10(17)9-12(13)16/h3-4,8-9,17H,1-2,5-7H2. The van der Waals surface area contributed by atoms with Gasteiger partial charge in [-0.05, 0) is 18.9 Å². The minimum Gasteiger partial charge on any atom is -0.508 e. The van der Waals surface area contributed by atoms with Crippen LogP contribution in [0.1, 0.15) is 12.8 Å². The second-order valence-electron chi connectivity index (χ2n) is 3.73. The fourth-order valence-electron chi connectivity index (χ4n) is 1.35. The van der Waals surface area contributed by atoms with Gasteiger partial charge >= 0.3 is 0 Å². The molecule has 106 valence electrons. The number of benzene rings is 1. The van der Waals surface area contributed by atoms with Crippen molar-refractivity contribution in [2.75, 3.05) is 19.8 Å². The van der Waals surface area contributed by atoms with Gasteiger partial charge in [-0.1, -0.05) is 34.8 Å². The number of phenolic OH excluding ortho intramolecular Hbond substituents is 1.